The zero-order valence-electron chi connectivity index (χ0n) is 15.0. The van der Waals surface area contributed by atoms with Gasteiger partial charge in [-0.25, -0.2) is 9.80 Å². The highest BCUT2D eigenvalue weighted by Crippen LogP contribution is 2.38. The fourth-order valence-electron chi connectivity index (χ4n) is 3.29. The number of nitrogens with one attached hydrogen (secondary N) is 1. The van der Waals surface area contributed by atoms with Crippen LogP contribution in [0.2, 0.25) is 0 Å². The number of hydrogen-bond acceptors (Lipinski definition) is 5. The van der Waals surface area contributed by atoms with E-state index < -0.39 is 0 Å². The number of anilines is 1. The van der Waals surface area contributed by atoms with E-state index in [4.69, 9.17) is 20.3 Å². The van der Waals surface area contributed by atoms with E-state index in [-0.39, 0.29) is 18.9 Å². The Morgan fingerprint density at radius 1 is 1.30 bits per heavy atom. The predicted molar refractivity (Wildman–Crippen MR) is 106 cm³/mol. The van der Waals surface area contributed by atoms with Gasteiger partial charge in [0.15, 0.2) is 11.5 Å². The quantitative estimate of drug-likeness (QED) is 0.680. The summed E-state index contributed by atoms with van der Waals surface area (Å²) in [4.78, 5) is 12.4. The van der Waals surface area contributed by atoms with Crippen molar-refractivity contribution in [3.05, 3.63) is 51.5 Å². The fraction of sp³-hybridized carbons (Fsp3) is 0.263. The van der Waals surface area contributed by atoms with Crippen LogP contribution < -0.4 is 20.5 Å². The predicted octanol–water partition coefficient (Wildman–Crippen LogP) is 3.10. The van der Waals surface area contributed by atoms with Crippen LogP contribution in [0.25, 0.3) is 0 Å². The van der Waals surface area contributed by atoms with Gasteiger partial charge in [0.1, 0.15) is 0 Å². The number of hydrogen-bond donors (Lipinski definition) is 2. The van der Waals surface area contributed by atoms with Crippen LogP contribution in [-0.2, 0) is 6.42 Å². The lowest BCUT2D eigenvalue weighted by Crippen LogP contribution is -2.41. The summed E-state index contributed by atoms with van der Waals surface area (Å²) in [7, 11) is 1.60. The summed E-state index contributed by atoms with van der Waals surface area (Å²) in [6.45, 7) is 2.17. The van der Waals surface area contributed by atoms with E-state index in [1.807, 2.05) is 37.3 Å². The molecule has 7 nitrogen and oxygen atoms in total. The van der Waals surface area contributed by atoms with E-state index in [1.54, 1.807) is 7.05 Å². The van der Waals surface area contributed by atoms with Crippen LogP contribution in [0.1, 0.15) is 23.6 Å². The molecular formula is C19H19BrN4O3. The van der Waals surface area contributed by atoms with Gasteiger partial charge >= 0.3 is 6.03 Å². The van der Waals surface area contributed by atoms with Gasteiger partial charge in [0.25, 0.3) is 0 Å². The van der Waals surface area contributed by atoms with Gasteiger partial charge in [0.2, 0.25) is 6.79 Å². The second-order valence-corrected chi connectivity index (χ2v) is 7.35. The third-order valence-corrected chi connectivity index (χ3v) is 5.38. The van der Waals surface area contributed by atoms with E-state index >= 15 is 0 Å². The Bertz CT molecular complexity index is 960. The Morgan fingerprint density at radius 3 is 2.74 bits per heavy atom. The van der Waals surface area contributed by atoms with Crippen molar-refractivity contribution in [3.8, 4) is 11.5 Å². The van der Waals surface area contributed by atoms with Crippen molar-refractivity contribution in [1.82, 2.24) is 10.3 Å². The maximum Gasteiger partial charge on any atom is 0.337 e. The number of hydrazone groups is 1. The van der Waals surface area contributed by atoms with Crippen molar-refractivity contribution < 1.29 is 14.3 Å². The molecule has 0 saturated carbocycles. The minimum atomic E-state index is -0.262. The van der Waals surface area contributed by atoms with Crippen molar-refractivity contribution in [3.63, 3.8) is 0 Å². The average molecular weight is 431 g/mol. The molecule has 0 saturated heterocycles. The molecule has 2 heterocycles. The van der Waals surface area contributed by atoms with Crippen molar-refractivity contribution in [2.75, 3.05) is 19.6 Å². The van der Waals surface area contributed by atoms with Gasteiger partial charge in [-0.15, -0.1) is 0 Å². The molecule has 0 unspecified atom stereocenters. The first-order valence-electron chi connectivity index (χ1n) is 8.55. The monoisotopic (exact) mass is 430 g/mol. The molecule has 2 aromatic carbocycles. The minimum Gasteiger partial charge on any atom is -0.454 e. The molecule has 8 heteroatoms. The Hall–Kier alpha value is -2.74. The number of amides is 2. The number of ether oxygens (including phenoxy) is 2. The molecule has 2 amide bonds. The molecule has 2 aliphatic rings. The molecule has 140 valence electrons. The highest BCUT2D eigenvalue weighted by molar-refractivity contribution is 9.10. The Morgan fingerprint density at radius 2 is 2.04 bits per heavy atom. The summed E-state index contributed by atoms with van der Waals surface area (Å²) in [6, 6.07) is 9.13. The van der Waals surface area contributed by atoms with Crippen LogP contribution in [0.5, 0.6) is 11.5 Å². The smallest absolute Gasteiger partial charge is 0.337 e. The number of urea groups is 1. The SMILES string of the molecule is CNC(=O)N1N=C(c2ccc(N)c(Br)c2)c2cc3c(cc2C[C@H]1C)OCO3. The lowest BCUT2D eigenvalue weighted by atomic mass is 9.94. The van der Waals surface area contributed by atoms with Crippen LogP contribution in [-0.4, -0.2) is 36.6 Å². The summed E-state index contributed by atoms with van der Waals surface area (Å²) in [5.41, 5.74) is 10.1. The lowest BCUT2D eigenvalue weighted by Gasteiger charge is -2.22. The highest BCUT2D eigenvalue weighted by atomic mass is 79.9. The van der Waals surface area contributed by atoms with Crippen molar-refractivity contribution in [2.24, 2.45) is 5.10 Å². The largest absolute Gasteiger partial charge is 0.454 e. The molecule has 0 fully saturated rings. The van der Waals surface area contributed by atoms with E-state index in [2.05, 4.69) is 21.2 Å². The first-order valence-corrected chi connectivity index (χ1v) is 9.35. The molecule has 2 aliphatic heterocycles. The molecule has 0 spiro atoms. The van der Waals surface area contributed by atoms with Crippen LogP contribution in [0.4, 0.5) is 10.5 Å². The number of carbonyl (C=O) groups excluding carboxylic acids is 1. The van der Waals surface area contributed by atoms with Crippen molar-refractivity contribution in [2.45, 2.75) is 19.4 Å². The maximum absolute atomic E-state index is 12.4. The first kappa shape index (κ1) is 17.7. The van der Waals surface area contributed by atoms with Crippen molar-refractivity contribution >= 4 is 33.4 Å². The number of nitrogens with two attached hydrogens (primary N) is 1. The molecule has 0 aromatic heterocycles. The third-order valence-electron chi connectivity index (χ3n) is 4.69. The van der Waals surface area contributed by atoms with Gasteiger partial charge in [-0.3, -0.25) is 0 Å². The number of carbonyl (C=O) groups is 1. The average Bonchev–Trinajstić information content (AvgIpc) is 3.05. The summed E-state index contributed by atoms with van der Waals surface area (Å²) < 4.78 is 11.9. The van der Waals surface area contributed by atoms with Gasteiger partial charge < -0.3 is 20.5 Å². The summed E-state index contributed by atoms with van der Waals surface area (Å²) in [6.07, 6.45) is 0.641. The molecule has 0 bridgehead atoms. The van der Waals surface area contributed by atoms with Crippen LogP contribution in [0.15, 0.2) is 39.9 Å². The Balaban J connectivity index is 1.93. The molecule has 1 atom stereocenters. The summed E-state index contributed by atoms with van der Waals surface area (Å²) in [5.74, 6) is 1.39. The van der Waals surface area contributed by atoms with E-state index in [0.717, 1.165) is 21.2 Å². The fourth-order valence-corrected chi connectivity index (χ4v) is 3.66. The molecule has 0 aliphatic carbocycles. The van der Waals surface area contributed by atoms with Crippen LogP contribution in [0, 0.1) is 0 Å². The summed E-state index contributed by atoms with van der Waals surface area (Å²) >= 11 is 3.47. The number of nitrogens with zero attached hydrogens (tertiary/aromatic N) is 2. The molecular weight excluding hydrogens is 412 g/mol. The topological polar surface area (TPSA) is 89.2 Å². The summed E-state index contributed by atoms with van der Waals surface area (Å²) in [5, 5.41) is 8.85. The van der Waals surface area contributed by atoms with E-state index in [1.165, 1.54) is 5.01 Å². The molecule has 4 rings (SSSR count). The molecule has 0 radical (unpaired) electrons. The number of nitrogen functional groups attached to an aromatic ring is 1. The van der Waals surface area contributed by atoms with Gasteiger partial charge in [-0.2, -0.15) is 5.10 Å². The highest BCUT2D eigenvalue weighted by Gasteiger charge is 2.29. The van der Waals surface area contributed by atoms with E-state index in [9.17, 15) is 4.79 Å². The number of benzene rings is 2. The lowest BCUT2D eigenvalue weighted by molar-refractivity contribution is 0.174. The van der Waals surface area contributed by atoms with Crippen LogP contribution in [0.3, 0.4) is 0 Å². The number of rotatable bonds is 1. The maximum atomic E-state index is 12.4. The van der Waals surface area contributed by atoms with Gasteiger partial charge in [0.05, 0.1) is 11.8 Å². The number of fused-ring (bicyclic) bond motifs is 2. The van der Waals surface area contributed by atoms with Crippen molar-refractivity contribution in [1.29, 1.82) is 0 Å². The minimum absolute atomic E-state index is 0.126. The van der Waals surface area contributed by atoms with Gasteiger partial charge in [-0.05, 0) is 59.1 Å². The Labute approximate surface area is 165 Å². The molecule has 2 aromatic rings. The van der Waals surface area contributed by atoms with E-state index in [0.29, 0.717) is 29.3 Å². The second-order valence-electron chi connectivity index (χ2n) is 6.50. The third kappa shape index (κ3) is 3.10. The standard InChI is InChI=1S/C19H19BrN4O3/c1-10-5-12-7-16-17(27-9-26-16)8-13(12)18(23-24(10)19(25)22-2)11-3-4-15(21)14(20)6-11/h3-4,6-8,10H,5,9,21H2,1-2H3,(H,22,25)/t10-/m1/s1. The molecule has 3 N–H and O–H groups in total. The first-order chi connectivity index (χ1) is 13.0. The van der Waals surface area contributed by atoms with Crippen LogP contribution >= 0.6 is 15.9 Å². The second kappa shape index (κ2) is 6.77. The Kier molecular flexibility index (Phi) is 4.43. The zero-order chi connectivity index (χ0) is 19.1. The number of halogens is 1. The normalized spacial score (nSPS) is 17.8. The van der Waals surface area contributed by atoms with Gasteiger partial charge in [0, 0.05) is 28.3 Å². The zero-order valence-corrected chi connectivity index (χ0v) is 16.5. The molecule has 27 heavy (non-hydrogen) atoms. The van der Waals surface area contributed by atoms with Gasteiger partial charge in [-0.1, -0.05) is 6.07 Å².